The van der Waals surface area contributed by atoms with Gasteiger partial charge >= 0.3 is 0 Å². The van der Waals surface area contributed by atoms with E-state index in [1.807, 2.05) is 4.90 Å². The first-order valence-electron chi connectivity index (χ1n) is 10.4. The molecule has 28 heavy (non-hydrogen) atoms. The zero-order valence-corrected chi connectivity index (χ0v) is 16.9. The molecule has 2 heterocycles. The molecule has 158 valence electrons. The highest BCUT2D eigenvalue weighted by Gasteiger charge is 2.34. The number of piperidine rings is 1. The van der Waals surface area contributed by atoms with Gasteiger partial charge in [-0.15, -0.1) is 0 Å². The van der Waals surface area contributed by atoms with Crippen LogP contribution in [-0.4, -0.2) is 77.3 Å². The summed E-state index contributed by atoms with van der Waals surface area (Å²) in [6, 6.07) is 2.99. The molecule has 0 amide bonds. The Kier molecular flexibility index (Phi) is 7.36. The maximum absolute atomic E-state index is 14.0. The lowest BCUT2D eigenvalue weighted by Crippen LogP contribution is -2.58. The second kappa shape index (κ2) is 9.57. The molecule has 1 atom stereocenters. The van der Waals surface area contributed by atoms with Gasteiger partial charge in [-0.05, 0) is 58.3 Å². The zero-order valence-electron chi connectivity index (χ0n) is 16.9. The summed E-state index contributed by atoms with van der Waals surface area (Å²) in [5.74, 6) is -2.82. The quantitative estimate of drug-likeness (QED) is 0.745. The highest BCUT2D eigenvalue weighted by molar-refractivity contribution is 5.21. The van der Waals surface area contributed by atoms with E-state index in [-0.39, 0.29) is 24.8 Å². The first kappa shape index (κ1) is 21.6. The number of rotatable bonds is 6. The molecule has 0 radical (unpaired) electrons. The Morgan fingerprint density at radius 2 is 1.71 bits per heavy atom. The monoisotopic (exact) mass is 399 g/mol. The summed E-state index contributed by atoms with van der Waals surface area (Å²) in [6.07, 6.45) is 2.84. The Morgan fingerprint density at radius 1 is 1.04 bits per heavy atom. The van der Waals surface area contributed by atoms with Crippen molar-refractivity contribution in [3.63, 3.8) is 0 Å². The van der Waals surface area contributed by atoms with Crippen molar-refractivity contribution in [2.24, 2.45) is 0 Å². The van der Waals surface area contributed by atoms with Gasteiger partial charge in [-0.1, -0.05) is 0 Å². The molecule has 7 heteroatoms. The maximum atomic E-state index is 14.0. The van der Waals surface area contributed by atoms with Crippen molar-refractivity contribution < 1.29 is 18.3 Å². The second-order valence-electron chi connectivity index (χ2n) is 8.32. The fourth-order valence-electron chi connectivity index (χ4n) is 4.64. The third kappa shape index (κ3) is 4.87. The minimum atomic E-state index is -1.10. The van der Waals surface area contributed by atoms with Crippen LogP contribution in [0.2, 0.25) is 0 Å². The topological polar surface area (TPSA) is 30.0 Å². The van der Waals surface area contributed by atoms with Crippen molar-refractivity contribution in [1.29, 1.82) is 0 Å². The number of hydrogen-bond donors (Lipinski definition) is 1. The van der Waals surface area contributed by atoms with E-state index in [0.717, 1.165) is 44.6 Å². The van der Waals surface area contributed by atoms with E-state index in [9.17, 15) is 18.3 Å². The van der Waals surface area contributed by atoms with Crippen LogP contribution in [0, 0.1) is 17.5 Å². The number of likely N-dealkylation sites (tertiary alicyclic amines) is 1. The molecular formula is C21H32F3N3O. The molecular weight excluding hydrogens is 367 g/mol. The fourth-order valence-corrected chi connectivity index (χ4v) is 4.64. The summed E-state index contributed by atoms with van der Waals surface area (Å²) in [4.78, 5) is 6.94. The highest BCUT2D eigenvalue weighted by atomic mass is 19.2. The average Bonchev–Trinajstić information content (AvgIpc) is 2.69. The molecule has 1 aromatic carbocycles. The summed E-state index contributed by atoms with van der Waals surface area (Å²) in [7, 11) is 0. The number of piperazine rings is 1. The van der Waals surface area contributed by atoms with E-state index in [4.69, 9.17) is 0 Å². The number of aliphatic hydroxyl groups excluding tert-OH is 1. The molecule has 2 saturated heterocycles. The number of aliphatic hydroxyl groups is 1. The minimum Gasteiger partial charge on any atom is -0.396 e. The summed E-state index contributed by atoms with van der Waals surface area (Å²) in [5.41, 5.74) is -0.207. The summed E-state index contributed by atoms with van der Waals surface area (Å²) >= 11 is 0. The normalized spacial score (nSPS) is 23.6. The van der Waals surface area contributed by atoms with Crippen molar-refractivity contribution in [3.8, 4) is 0 Å². The zero-order chi connectivity index (χ0) is 20.3. The number of halogens is 3. The molecule has 2 fully saturated rings. The van der Waals surface area contributed by atoms with E-state index in [1.54, 1.807) is 0 Å². The Morgan fingerprint density at radius 3 is 2.36 bits per heavy atom. The second-order valence-corrected chi connectivity index (χ2v) is 8.32. The molecule has 0 spiro atoms. The Hall–Kier alpha value is -1.15. The SMILES string of the molecule is CC(C)N1CCC(N2CCN(Cc3c(F)ccc(F)c3F)CC2CCO)CC1. The minimum absolute atomic E-state index is 0.0526. The van der Waals surface area contributed by atoms with Gasteiger partial charge in [-0.25, -0.2) is 13.2 Å². The van der Waals surface area contributed by atoms with Gasteiger partial charge in [0.2, 0.25) is 0 Å². The summed E-state index contributed by atoms with van der Waals surface area (Å²) in [6.45, 7) is 8.84. The van der Waals surface area contributed by atoms with Gasteiger partial charge < -0.3 is 10.0 Å². The first-order valence-corrected chi connectivity index (χ1v) is 10.4. The Labute approximate surface area is 165 Å². The Balaban J connectivity index is 1.64. The molecule has 2 aliphatic rings. The van der Waals surface area contributed by atoms with Crippen molar-refractivity contribution in [3.05, 3.63) is 35.1 Å². The fraction of sp³-hybridized carbons (Fsp3) is 0.714. The first-order chi connectivity index (χ1) is 13.4. The standard InChI is InChI=1S/C21H32F3N3O/c1-15(2)26-8-5-16(6-9-26)27-11-10-25(13-17(27)7-12-28)14-18-19(22)3-4-20(23)21(18)24/h3-4,15-17,28H,5-14H2,1-2H3. The molecule has 2 aliphatic heterocycles. The molecule has 1 unspecified atom stereocenters. The molecule has 1 aromatic rings. The van der Waals surface area contributed by atoms with E-state index in [2.05, 4.69) is 23.6 Å². The van der Waals surface area contributed by atoms with Crippen molar-refractivity contribution in [2.45, 2.75) is 57.8 Å². The van der Waals surface area contributed by atoms with Crippen LogP contribution in [0.1, 0.15) is 38.7 Å². The third-order valence-corrected chi connectivity index (χ3v) is 6.29. The van der Waals surface area contributed by atoms with Gasteiger partial charge in [0.05, 0.1) is 0 Å². The van der Waals surface area contributed by atoms with E-state index in [0.29, 0.717) is 31.6 Å². The molecule has 0 aromatic heterocycles. The van der Waals surface area contributed by atoms with Crippen LogP contribution in [0.4, 0.5) is 13.2 Å². The van der Waals surface area contributed by atoms with E-state index in [1.165, 1.54) is 0 Å². The summed E-state index contributed by atoms with van der Waals surface area (Å²) < 4.78 is 41.5. The average molecular weight is 400 g/mol. The lowest BCUT2D eigenvalue weighted by molar-refractivity contribution is -0.000609. The molecule has 0 saturated carbocycles. The Bertz CT molecular complexity index is 650. The van der Waals surface area contributed by atoms with Gasteiger partial charge in [-0.2, -0.15) is 0 Å². The third-order valence-electron chi connectivity index (χ3n) is 6.29. The van der Waals surface area contributed by atoms with E-state index >= 15 is 0 Å². The van der Waals surface area contributed by atoms with Gasteiger partial charge in [0, 0.05) is 56.5 Å². The predicted molar refractivity (Wildman–Crippen MR) is 104 cm³/mol. The molecule has 0 bridgehead atoms. The number of hydrogen-bond acceptors (Lipinski definition) is 4. The highest BCUT2D eigenvalue weighted by Crippen LogP contribution is 2.26. The van der Waals surface area contributed by atoms with Crippen LogP contribution in [0.15, 0.2) is 12.1 Å². The van der Waals surface area contributed by atoms with Crippen molar-refractivity contribution in [1.82, 2.24) is 14.7 Å². The maximum Gasteiger partial charge on any atom is 0.166 e. The van der Waals surface area contributed by atoms with Gasteiger partial charge in [0.25, 0.3) is 0 Å². The van der Waals surface area contributed by atoms with Crippen LogP contribution in [0.25, 0.3) is 0 Å². The van der Waals surface area contributed by atoms with Crippen LogP contribution in [0.5, 0.6) is 0 Å². The van der Waals surface area contributed by atoms with Crippen LogP contribution in [0.3, 0.4) is 0 Å². The van der Waals surface area contributed by atoms with E-state index < -0.39 is 17.5 Å². The largest absolute Gasteiger partial charge is 0.396 e. The van der Waals surface area contributed by atoms with Crippen molar-refractivity contribution >= 4 is 0 Å². The van der Waals surface area contributed by atoms with Crippen molar-refractivity contribution in [2.75, 3.05) is 39.3 Å². The van der Waals surface area contributed by atoms with Crippen LogP contribution in [-0.2, 0) is 6.54 Å². The smallest absolute Gasteiger partial charge is 0.166 e. The molecule has 3 rings (SSSR count). The van der Waals surface area contributed by atoms with Crippen LogP contribution >= 0.6 is 0 Å². The molecule has 1 N–H and O–H groups in total. The van der Waals surface area contributed by atoms with Crippen LogP contribution < -0.4 is 0 Å². The van der Waals surface area contributed by atoms with Gasteiger partial charge in [0.15, 0.2) is 11.6 Å². The van der Waals surface area contributed by atoms with Gasteiger partial charge in [0.1, 0.15) is 5.82 Å². The van der Waals surface area contributed by atoms with Gasteiger partial charge in [-0.3, -0.25) is 9.80 Å². The lowest BCUT2D eigenvalue weighted by Gasteiger charge is -2.48. The summed E-state index contributed by atoms with van der Waals surface area (Å²) in [5, 5.41) is 9.53. The molecule has 0 aliphatic carbocycles. The number of benzene rings is 1. The molecule has 4 nitrogen and oxygen atoms in total. The predicted octanol–water partition coefficient (Wildman–Crippen LogP) is 2.85. The lowest BCUT2D eigenvalue weighted by atomic mass is 9.97. The number of nitrogens with zero attached hydrogens (tertiary/aromatic N) is 3.